The highest BCUT2D eigenvalue weighted by atomic mass is 16.2. The van der Waals surface area contributed by atoms with Crippen LogP contribution < -0.4 is 5.01 Å². The molecule has 1 saturated carbocycles. The van der Waals surface area contributed by atoms with Crippen molar-refractivity contribution in [1.82, 2.24) is 0 Å². The fourth-order valence-corrected chi connectivity index (χ4v) is 2.58. The monoisotopic (exact) mass is 228 g/mol. The molecule has 1 aromatic carbocycles. The van der Waals surface area contributed by atoms with Crippen molar-refractivity contribution in [2.75, 3.05) is 5.01 Å². The summed E-state index contributed by atoms with van der Waals surface area (Å²) in [5.41, 5.74) is 3.18. The number of benzene rings is 1. The quantitative estimate of drug-likeness (QED) is 0.727. The minimum Gasteiger partial charge on any atom is -0.272 e. The first-order valence-electron chi connectivity index (χ1n) is 6.24. The number of fused-ring (bicyclic) bond motifs is 1. The van der Waals surface area contributed by atoms with E-state index in [1.807, 2.05) is 31.2 Å². The third-order valence-corrected chi connectivity index (χ3v) is 3.59. The van der Waals surface area contributed by atoms with Crippen molar-refractivity contribution in [2.24, 2.45) is 11.0 Å². The summed E-state index contributed by atoms with van der Waals surface area (Å²) in [6.07, 6.45) is 4.28. The number of nitrogens with zero attached hydrogens (tertiary/aromatic N) is 2. The van der Waals surface area contributed by atoms with Gasteiger partial charge in [-0.1, -0.05) is 24.1 Å². The van der Waals surface area contributed by atoms with E-state index in [0.29, 0.717) is 0 Å². The van der Waals surface area contributed by atoms with Crippen molar-refractivity contribution in [3.05, 3.63) is 29.8 Å². The minimum absolute atomic E-state index is 0.0602. The van der Waals surface area contributed by atoms with Crippen LogP contribution in [0.15, 0.2) is 29.4 Å². The number of aryl methyl sites for hydroxylation is 1. The fraction of sp³-hybridized carbons (Fsp3) is 0.429. The summed E-state index contributed by atoms with van der Waals surface area (Å²) in [7, 11) is 0. The van der Waals surface area contributed by atoms with Crippen molar-refractivity contribution < 1.29 is 4.79 Å². The first-order chi connectivity index (χ1) is 8.25. The van der Waals surface area contributed by atoms with Crippen LogP contribution in [-0.2, 0) is 4.79 Å². The largest absolute Gasteiger partial charge is 0.272 e. The molecule has 1 fully saturated rings. The van der Waals surface area contributed by atoms with Gasteiger partial charge in [0.2, 0.25) is 0 Å². The van der Waals surface area contributed by atoms with E-state index in [-0.39, 0.29) is 11.8 Å². The van der Waals surface area contributed by atoms with Gasteiger partial charge < -0.3 is 0 Å². The zero-order valence-electron chi connectivity index (χ0n) is 10.0. The topological polar surface area (TPSA) is 32.7 Å². The molecule has 1 aliphatic carbocycles. The van der Waals surface area contributed by atoms with Gasteiger partial charge in [0.05, 0.1) is 17.3 Å². The van der Waals surface area contributed by atoms with Gasteiger partial charge in [0, 0.05) is 0 Å². The molecule has 1 unspecified atom stereocenters. The highest BCUT2D eigenvalue weighted by Gasteiger charge is 2.37. The molecule has 0 N–H and O–H groups in total. The molecule has 1 atom stereocenters. The molecule has 1 aliphatic heterocycles. The molecule has 1 heterocycles. The Kier molecular flexibility index (Phi) is 2.46. The second kappa shape index (κ2) is 3.99. The maximum atomic E-state index is 12.2. The Morgan fingerprint density at radius 1 is 1.24 bits per heavy atom. The summed E-state index contributed by atoms with van der Waals surface area (Å²) >= 11 is 0. The zero-order valence-corrected chi connectivity index (χ0v) is 10.0. The number of rotatable bonds is 1. The fourth-order valence-electron chi connectivity index (χ4n) is 2.58. The van der Waals surface area contributed by atoms with Crippen LogP contribution in [-0.4, -0.2) is 11.6 Å². The Hall–Kier alpha value is -1.64. The lowest BCUT2D eigenvalue weighted by molar-refractivity contribution is -0.120. The summed E-state index contributed by atoms with van der Waals surface area (Å²) in [4.78, 5) is 12.2. The molecule has 3 heteroatoms. The number of carbonyl (C=O) groups excluding carboxylic acids is 1. The number of hydrogen-bond donors (Lipinski definition) is 0. The van der Waals surface area contributed by atoms with E-state index in [9.17, 15) is 4.79 Å². The first-order valence-corrected chi connectivity index (χ1v) is 6.24. The number of amides is 1. The summed E-state index contributed by atoms with van der Waals surface area (Å²) in [5.74, 6) is 0.216. The number of hydrogen-bond acceptors (Lipinski definition) is 2. The van der Waals surface area contributed by atoms with Crippen LogP contribution in [0.2, 0.25) is 0 Å². The maximum Gasteiger partial charge on any atom is 0.256 e. The molecule has 0 spiro atoms. The third kappa shape index (κ3) is 1.75. The number of carbonyl (C=O) groups is 1. The standard InChI is InChI=1S/C14H16N2O/c1-10-6-8-11(9-7-10)16-14(17)12-4-2-3-5-13(12)15-16/h6-9,12H,2-5H2,1H3. The molecule has 17 heavy (non-hydrogen) atoms. The molecule has 3 rings (SSSR count). The van der Waals surface area contributed by atoms with E-state index < -0.39 is 0 Å². The van der Waals surface area contributed by atoms with E-state index in [4.69, 9.17) is 0 Å². The van der Waals surface area contributed by atoms with Crippen LogP contribution in [0, 0.1) is 12.8 Å². The molecule has 88 valence electrons. The highest BCUT2D eigenvalue weighted by Crippen LogP contribution is 2.31. The molecule has 1 amide bonds. The normalized spacial score (nSPS) is 23.6. The molecule has 0 saturated heterocycles. The van der Waals surface area contributed by atoms with Gasteiger partial charge in [-0.05, 0) is 38.3 Å². The predicted molar refractivity (Wildman–Crippen MR) is 68.1 cm³/mol. The number of anilines is 1. The molecule has 2 aliphatic rings. The lowest BCUT2D eigenvalue weighted by atomic mass is 9.87. The van der Waals surface area contributed by atoms with E-state index in [1.54, 1.807) is 5.01 Å². The van der Waals surface area contributed by atoms with Gasteiger partial charge in [-0.25, -0.2) is 5.01 Å². The Morgan fingerprint density at radius 2 is 2.00 bits per heavy atom. The molecule has 0 radical (unpaired) electrons. The van der Waals surface area contributed by atoms with Crippen molar-refractivity contribution >= 4 is 17.3 Å². The van der Waals surface area contributed by atoms with Crippen LogP contribution in [0.5, 0.6) is 0 Å². The highest BCUT2D eigenvalue weighted by molar-refractivity contribution is 6.15. The van der Waals surface area contributed by atoms with Gasteiger partial charge >= 0.3 is 0 Å². The molecule has 3 nitrogen and oxygen atoms in total. The van der Waals surface area contributed by atoms with E-state index in [1.165, 1.54) is 12.0 Å². The SMILES string of the molecule is Cc1ccc(N2N=C3CCCCC3C2=O)cc1. The lowest BCUT2D eigenvalue weighted by Gasteiger charge is -2.17. The van der Waals surface area contributed by atoms with Gasteiger partial charge in [-0.3, -0.25) is 4.79 Å². The molecule has 0 bridgehead atoms. The summed E-state index contributed by atoms with van der Waals surface area (Å²) < 4.78 is 0. The minimum atomic E-state index is 0.0602. The van der Waals surface area contributed by atoms with Crippen LogP contribution in [0.4, 0.5) is 5.69 Å². The van der Waals surface area contributed by atoms with Gasteiger partial charge in [-0.15, -0.1) is 0 Å². The summed E-state index contributed by atoms with van der Waals surface area (Å²) in [6.45, 7) is 2.04. The average molecular weight is 228 g/mol. The molecule has 0 aromatic heterocycles. The van der Waals surface area contributed by atoms with Crippen molar-refractivity contribution in [3.63, 3.8) is 0 Å². The maximum absolute atomic E-state index is 12.2. The van der Waals surface area contributed by atoms with Crippen molar-refractivity contribution in [1.29, 1.82) is 0 Å². The first kappa shape index (κ1) is 10.5. The lowest BCUT2D eigenvalue weighted by Crippen LogP contribution is -2.28. The smallest absolute Gasteiger partial charge is 0.256 e. The Labute approximate surface area is 101 Å². The Balaban J connectivity index is 1.92. The van der Waals surface area contributed by atoms with Crippen molar-refractivity contribution in [3.8, 4) is 0 Å². The van der Waals surface area contributed by atoms with Crippen LogP contribution in [0.3, 0.4) is 0 Å². The average Bonchev–Trinajstić information content (AvgIpc) is 2.69. The molecule has 1 aromatic rings. The second-order valence-electron chi connectivity index (χ2n) is 4.88. The van der Waals surface area contributed by atoms with Crippen LogP contribution in [0.25, 0.3) is 0 Å². The van der Waals surface area contributed by atoms with E-state index >= 15 is 0 Å². The Morgan fingerprint density at radius 3 is 2.71 bits per heavy atom. The molecular weight excluding hydrogens is 212 g/mol. The summed E-state index contributed by atoms with van der Waals surface area (Å²) in [5, 5.41) is 6.08. The number of hydrazone groups is 1. The second-order valence-corrected chi connectivity index (χ2v) is 4.88. The van der Waals surface area contributed by atoms with Gasteiger partial charge in [0.25, 0.3) is 5.91 Å². The van der Waals surface area contributed by atoms with Gasteiger partial charge in [0.1, 0.15) is 0 Å². The predicted octanol–water partition coefficient (Wildman–Crippen LogP) is 2.89. The van der Waals surface area contributed by atoms with E-state index in [2.05, 4.69) is 5.10 Å². The third-order valence-electron chi connectivity index (χ3n) is 3.59. The molecular formula is C14H16N2O. The zero-order chi connectivity index (χ0) is 11.8. The van der Waals surface area contributed by atoms with Crippen molar-refractivity contribution in [2.45, 2.75) is 32.6 Å². The Bertz CT molecular complexity index is 476. The summed E-state index contributed by atoms with van der Waals surface area (Å²) in [6, 6.07) is 7.97. The van der Waals surface area contributed by atoms with Gasteiger partial charge in [0.15, 0.2) is 0 Å². The van der Waals surface area contributed by atoms with Crippen LogP contribution in [0.1, 0.15) is 31.2 Å². The van der Waals surface area contributed by atoms with E-state index in [0.717, 1.165) is 30.7 Å². The van der Waals surface area contributed by atoms with Crippen LogP contribution >= 0.6 is 0 Å². The van der Waals surface area contributed by atoms with Gasteiger partial charge in [-0.2, -0.15) is 5.10 Å².